The highest BCUT2D eigenvalue weighted by Crippen LogP contribution is 2.43. The maximum atomic E-state index is 12.8. The monoisotopic (exact) mass is 1220 g/mol. The highest BCUT2D eigenvalue weighted by Gasteiger charge is 2.26. The number of nitrogens with two attached hydrogens (primary N) is 1. The number of hydrogen-bond acceptors (Lipinski definition) is 8. The lowest BCUT2D eigenvalue weighted by molar-refractivity contribution is -0.161. The minimum atomic E-state index is -4.39. The fourth-order valence-corrected chi connectivity index (χ4v) is 13.1. The number of hydrogen-bond donors (Lipinski definition) is 2. The second-order valence-corrected chi connectivity index (χ2v) is 28.1. The summed E-state index contributed by atoms with van der Waals surface area (Å²) in [5.74, 6) is -0.796. The summed E-state index contributed by atoms with van der Waals surface area (Å²) in [6.45, 7) is 3.85. The van der Waals surface area contributed by atoms with Gasteiger partial charge in [-0.25, -0.2) is 4.57 Å². The molecule has 0 aliphatic heterocycles. The molecule has 2 unspecified atom stereocenters. The van der Waals surface area contributed by atoms with Gasteiger partial charge in [0.15, 0.2) is 6.10 Å². The molecule has 0 heterocycles. The Balaban J connectivity index is 3.71. The van der Waals surface area contributed by atoms with Crippen molar-refractivity contribution < 1.29 is 37.6 Å². The van der Waals surface area contributed by atoms with E-state index in [1.807, 2.05) is 0 Å². The molecule has 0 aromatic heterocycles. The van der Waals surface area contributed by atoms with E-state index in [-0.39, 0.29) is 32.1 Å². The molecule has 10 heteroatoms. The van der Waals surface area contributed by atoms with Crippen LogP contribution >= 0.6 is 7.82 Å². The summed E-state index contributed by atoms with van der Waals surface area (Å²) < 4.78 is 33.2. The summed E-state index contributed by atoms with van der Waals surface area (Å²) in [7, 11) is -4.39. The Labute approximate surface area is 530 Å². The fourth-order valence-electron chi connectivity index (χ4n) is 12.3. The van der Waals surface area contributed by atoms with Crippen LogP contribution in [0.4, 0.5) is 0 Å². The molecule has 0 spiro atoms. The molecule has 0 radical (unpaired) electrons. The van der Waals surface area contributed by atoms with Crippen LogP contribution in [0.3, 0.4) is 0 Å². The highest BCUT2D eigenvalue weighted by atomic mass is 31.2. The van der Waals surface area contributed by atoms with Crippen LogP contribution in [0.1, 0.15) is 438 Å². The van der Waals surface area contributed by atoms with Gasteiger partial charge in [-0.2, -0.15) is 0 Å². The fraction of sp³-hybridized carbons (Fsp3) is 0.973. The predicted molar refractivity (Wildman–Crippen MR) is 368 cm³/mol. The van der Waals surface area contributed by atoms with E-state index >= 15 is 0 Å². The Morgan fingerprint density at radius 3 is 0.718 bits per heavy atom. The molecule has 0 aliphatic rings. The van der Waals surface area contributed by atoms with Crippen molar-refractivity contribution in [1.82, 2.24) is 0 Å². The largest absolute Gasteiger partial charge is 0.472 e. The molecule has 0 aliphatic carbocycles. The van der Waals surface area contributed by atoms with Crippen LogP contribution in [-0.2, 0) is 32.7 Å². The molecular weight excluding hydrogens is 1070 g/mol. The molecule has 0 aromatic carbocycles. The van der Waals surface area contributed by atoms with Crippen LogP contribution in [0.5, 0.6) is 0 Å². The van der Waals surface area contributed by atoms with Gasteiger partial charge >= 0.3 is 19.8 Å². The third-order valence-corrected chi connectivity index (χ3v) is 19.0. The lowest BCUT2D eigenvalue weighted by atomic mass is 10.0. The number of unbranched alkanes of at least 4 members (excludes halogenated alkanes) is 62. The number of phosphoric ester groups is 1. The van der Waals surface area contributed by atoms with Crippen LogP contribution in [0, 0.1) is 0 Å². The Morgan fingerprint density at radius 1 is 0.306 bits per heavy atom. The maximum Gasteiger partial charge on any atom is 0.472 e. The number of ether oxygens (including phenoxy) is 2. The summed E-state index contributed by atoms with van der Waals surface area (Å²) in [5, 5.41) is 0. The average molecular weight is 1220 g/mol. The Bertz CT molecular complexity index is 1350. The van der Waals surface area contributed by atoms with Crippen molar-refractivity contribution >= 4 is 19.8 Å². The standard InChI is InChI=1S/C75H150NO8P/c1-3-5-7-9-11-13-15-17-19-21-23-25-27-29-30-31-32-33-34-35-36-37-38-39-40-41-42-43-44-46-48-50-52-54-56-58-60-62-64-66-68-75(78)84-73(72-83-85(79,80)82-70-69-76)71-81-74(77)67-65-63-61-59-57-55-53-51-49-47-45-28-26-24-22-20-18-16-14-12-10-8-6-4-2/h73H,3-72,76H2,1-2H3,(H,79,80). The number of carbonyl (C=O) groups is 2. The Hall–Kier alpha value is -0.990. The van der Waals surface area contributed by atoms with E-state index in [9.17, 15) is 19.0 Å². The average Bonchev–Trinajstić information content (AvgIpc) is 3.52. The van der Waals surface area contributed by atoms with E-state index in [0.717, 1.165) is 32.1 Å². The Kier molecular flexibility index (Phi) is 71.2. The van der Waals surface area contributed by atoms with Gasteiger partial charge < -0.3 is 20.1 Å². The van der Waals surface area contributed by atoms with Crippen LogP contribution in [0.2, 0.25) is 0 Å². The normalized spacial score (nSPS) is 12.8. The number of phosphoric acid groups is 1. The molecule has 508 valence electrons. The molecule has 2 atom stereocenters. The third-order valence-electron chi connectivity index (χ3n) is 18.0. The van der Waals surface area contributed by atoms with Gasteiger partial charge in [-0.1, -0.05) is 412 Å². The number of esters is 2. The lowest BCUT2D eigenvalue weighted by Crippen LogP contribution is -2.29. The third kappa shape index (κ3) is 72.0. The zero-order valence-corrected chi connectivity index (χ0v) is 58.3. The van der Waals surface area contributed by atoms with Gasteiger partial charge in [0.1, 0.15) is 6.61 Å². The van der Waals surface area contributed by atoms with E-state index < -0.39 is 26.5 Å². The quantitative estimate of drug-likeness (QED) is 0.0347. The second kappa shape index (κ2) is 72.1. The molecule has 0 amide bonds. The van der Waals surface area contributed by atoms with E-state index in [1.54, 1.807) is 0 Å². The zero-order chi connectivity index (χ0) is 61.6. The first-order chi connectivity index (χ1) is 41.8. The first-order valence-electron chi connectivity index (χ1n) is 38.5. The van der Waals surface area contributed by atoms with Gasteiger partial charge in [0.25, 0.3) is 0 Å². The van der Waals surface area contributed by atoms with Crippen molar-refractivity contribution in [2.24, 2.45) is 5.73 Å². The van der Waals surface area contributed by atoms with Crippen molar-refractivity contribution in [3.63, 3.8) is 0 Å². The van der Waals surface area contributed by atoms with Crippen molar-refractivity contribution in [3.8, 4) is 0 Å². The van der Waals surface area contributed by atoms with Crippen molar-refractivity contribution in [2.75, 3.05) is 26.4 Å². The second-order valence-electron chi connectivity index (χ2n) is 26.6. The van der Waals surface area contributed by atoms with Crippen molar-refractivity contribution in [2.45, 2.75) is 444 Å². The maximum absolute atomic E-state index is 12.8. The molecule has 0 rings (SSSR count). The zero-order valence-electron chi connectivity index (χ0n) is 57.4. The van der Waals surface area contributed by atoms with Gasteiger partial charge in [0.2, 0.25) is 0 Å². The predicted octanol–water partition coefficient (Wildman–Crippen LogP) is 25.3. The minimum Gasteiger partial charge on any atom is -0.462 e. The molecule has 0 saturated carbocycles. The lowest BCUT2D eigenvalue weighted by Gasteiger charge is -2.19. The summed E-state index contributed by atoms with van der Waals surface area (Å²) in [4.78, 5) is 35.4. The van der Waals surface area contributed by atoms with E-state index in [1.165, 1.54) is 372 Å². The molecule has 0 bridgehead atoms. The number of carbonyl (C=O) groups excluding carboxylic acids is 2. The van der Waals surface area contributed by atoms with Gasteiger partial charge in [-0.05, 0) is 12.8 Å². The van der Waals surface area contributed by atoms with Gasteiger partial charge in [0.05, 0.1) is 13.2 Å². The Morgan fingerprint density at radius 2 is 0.506 bits per heavy atom. The van der Waals surface area contributed by atoms with Crippen LogP contribution in [0.25, 0.3) is 0 Å². The summed E-state index contributed by atoms with van der Waals surface area (Å²) in [6, 6.07) is 0. The van der Waals surface area contributed by atoms with E-state index in [4.69, 9.17) is 24.3 Å². The topological polar surface area (TPSA) is 134 Å². The molecule has 3 N–H and O–H groups in total. The molecule has 0 aromatic rings. The van der Waals surface area contributed by atoms with Gasteiger partial charge in [-0.15, -0.1) is 0 Å². The smallest absolute Gasteiger partial charge is 0.462 e. The molecule has 0 fully saturated rings. The molecular formula is C75H150NO8P. The summed E-state index contributed by atoms with van der Waals surface area (Å²) in [6.07, 6.45) is 86.8. The van der Waals surface area contributed by atoms with Crippen LogP contribution in [0.15, 0.2) is 0 Å². The van der Waals surface area contributed by atoms with Gasteiger partial charge in [-0.3, -0.25) is 18.6 Å². The SMILES string of the molecule is CCCCCCCCCCCCCCCCCCCCCCCCCCCCCCCCCCCCCCCCCCC(=O)OC(COC(=O)CCCCCCCCCCCCCCCCCCCCCCCCCC)COP(=O)(O)OCCN. The van der Waals surface area contributed by atoms with Crippen molar-refractivity contribution in [1.29, 1.82) is 0 Å². The van der Waals surface area contributed by atoms with Crippen LogP contribution < -0.4 is 5.73 Å². The van der Waals surface area contributed by atoms with Gasteiger partial charge in [0, 0.05) is 19.4 Å². The van der Waals surface area contributed by atoms with Crippen molar-refractivity contribution in [3.05, 3.63) is 0 Å². The molecule has 85 heavy (non-hydrogen) atoms. The number of rotatable bonds is 75. The first kappa shape index (κ1) is 84.0. The molecule has 9 nitrogen and oxygen atoms in total. The molecule has 0 saturated heterocycles. The first-order valence-corrected chi connectivity index (χ1v) is 40.0. The highest BCUT2D eigenvalue weighted by molar-refractivity contribution is 7.47. The summed E-state index contributed by atoms with van der Waals surface area (Å²) in [5.41, 5.74) is 5.41. The minimum absolute atomic E-state index is 0.0589. The van der Waals surface area contributed by atoms with E-state index in [0.29, 0.717) is 12.8 Å². The van der Waals surface area contributed by atoms with Crippen LogP contribution in [-0.4, -0.2) is 49.3 Å². The van der Waals surface area contributed by atoms with E-state index in [2.05, 4.69) is 13.8 Å². The summed E-state index contributed by atoms with van der Waals surface area (Å²) >= 11 is 0.